The van der Waals surface area contributed by atoms with Gasteiger partial charge in [-0.05, 0) is 30.2 Å². The van der Waals surface area contributed by atoms with E-state index in [9.17, 15) is 4.79 Å². The van der Waals surface area contributed by atoms with Gasteiger partial charge in [0, 0.05) is 45.3 Å². The Morgan fingerprint density at radius 2 is 2.13 bits per heavy atom. The van der Waals surface area contributed by atoms with Crippen LogP contribution in [0.4, 0.5) is 0 Å². The molecule has 23 heavy (non-hydrogen) atoms. The molecule has 4 heteroatoms. The zero-order chi connectivity index (χ0) is 16.1. The number of likely N-dealkylation sites (tertiary alicyclic amines) is 1. The molecule has 2 fully saturated rings. The lowest BCUT2D eigenvalue weighted by atomic mass is 10.0. The molecule has 4 nitrogen and oxygen atoms in total. The third kappa shape index (κ3) is 4.79. The molecule has 3 rings (SSSR count). The molecule has 3 unspecified atom stereocenters. The van der Waals surface area contributed by atoms with Crippen LogP contribution in [0.5, 0.6) is 0 Å². The van der Waals surface area contributed by atoms with Crippen LogP contribution in [0.3, 0.4) is 0 Å². The largest absolute Gasteiger partial charge is 0.381 e. The lowest BCUT2D eigenvalue weighted by molar-refractivity contribution is -0.122. The quantitative estimate of drug-likeness (QED) is 0.876. The number of rotatable bonds is 6. The van der Waals surface area contributed by atoms with Crippen LogP contribution in [0.1, 0.15) is 31.7 Å². The summed E-state index contributed by atoms with van der Waals surface area (Å²) in [6.45, 7) is 6.90. The van der Waals surface area contributed by atoms with E-state index in [1.54, 1.807) is 0 Å². The Morgan fingerprint density at radius 1 is 1.30 bits per heavy atom. The highest BCUT2D eigenvalue weighted by atomic mass is 16.5. The van der Waals surface area contributed by atoms with E-state index in [2.05, 4.69) is 47.5 Å². The predicted octanol–water partition coefficient (Wildman–Crippen LogP) is 2.44. The Kier molecular flexibility index (Phi) is 5.68. The molecule has 0 aliphatic carbocycles. The average Bonchev–Trinajstić information content (AvgIpc) is 3.17. The van der Waals surface area contributed by atoms with Crippen molar-refractivity contribution >= 4 is 5.91 Å². The maximum atomic E-state index is 12.2. The minimum absolute atomic E-state index is 0.204. The molecule has 0 radical (unpaired) electrons. The van der Waals surface area contributed by atoms with E-state index < -0.39 is 0 Å². The SMILES string of the molecule is CC1CN(Cc2ccccc2)CC1NC(=O)CCC1CCOC1. The average molecular weight is 316 g/mol. The van der Waals surface area contributed by atoms with Crippen LogP contribution >= 0.6 is 0 Å². The molecule has 0 bridgehead atoms. The minimum atomic E-state index is 0.204. The van der Waals surface area contributed by atoms with Crippen LogP contribution in [0.25, 0.3) is 0 Å². The number of carbonyl (C=O) groups is 1. The highest BCUT2D eigenvalue weighted by Crippen LogP contribution is 2.20. The summed E-state index contributed by atoms with van der Waals surface area (Å²) in [7, 11) is 0. The molecule has 2 saturated heterocycles. The van der Waals surface area contributed by atoms with Gasteiger partial charge in [-0.3, -0.25) is 9.69 Å². The summed E-state index contributed by atoms with van der Waals surface area (Å²) in [5, 5.41) is 3.25. The third-order valence-electron chi connectivity index (χ3n) is 5.09. The first-order valence-corrected chi connectivity index (χ1v) is 8.84. The maximum absolute atomic E-state index is 12.2. The Balaban J connectivity index is 1.42. The van der Waals surface area contributed by atoms with Gasteiger partial charge in [-0.25, -0.2) is 0 Å². The first-order chi connectivity index (χ1) is 11.2. The lowest BCUT2D eigenvalue weighted by Gasteiger charge is -2.18. The van der Waals surface area contributed by atoms with Crippen molar-refractivity contribution in [2.45, 2.75) is 38.8 Å². The third-order valence-corrected chi connectivity index (χ3v) is 5.09. The summed E-state index contributed by atoms with van der Waals surface area (Å²) >= 11 is 0. The zero-order valence-corrected chi connectivity index (χ0v) is 14.0. The molecule has 0 aromatic heterocycles. The highest BCUT2D eigenvalue weighted by Gasteiger charge is 2.30. The molecule has 2 heterocycles. The Bertz CT molecular complexity index is 499. The maximum Gasteiger partial charge on any atom is 0.220 e. The van der Waals surface area contributed by atoms with Gasteiger partial charge >= 0.3 is 0 Å². The van der Waals surface area contributed by atoms with E-state index in [-0.39, 0.29) is 11.9 Å². The van der Waals surface area contributed by atoms with Crippen molar-refractivity contribution in [2.75, 3.05) is 26.3 Å². The second-order valence-electron chi connectivity index (χ2n) is 7.10. The van der Waals surface area contributed by atoms with Crippen molar-refractivity contribution in [2.24, 2.45) is 11.8 Å². The number of ether oxygens (including phenoxy) is 1. The summed E-state index contributed by atoms with van der Waals surface area (Å²) in [5.74, 6) is 1.30. The van der Waals surface area contributed by atoms with Gasteiger partial charge in [0.25, 0.3) is 0 Å². The molecule has 1 aromatic rings. The number of nitrogens with one attached hydrogen (secondary N) is 1. The smallest absolute Gasteiger partial charge is 0.220 e. The predicted molar refractivity (Wildman–Crippen MR) is 91.0 cm³/mol. The number of amides is 1. The number of hydrogen-bond acceptors (Lipinski definition) is 3. The fourth-order valence-electron chi connectivity index (χ4n) is 3.65. The van der Waals surface area contributed by atoms with E-state index >= 15 is 0 Å². The molecule has 0 spiro atoms. The minimum Gasteiger partial charge on any atom is -0.381 e. The van der Waals surface area contributed by atoms with E-state index in [1.807, 2.05) is 0 Å². The van der Waals surface area contributed by atoms with Gasteiger partial charge < -0.3 is 10.1 Å². The number of benzene rings is 1. The van der Waals surface area contributed by atoms with Crippen LogP contribution in [-0.4, -0.2) is 43.2 Å². The molecule has 2 aliphatic rings. The fraction of sp³-hybridized carbons (Fsp3) is 0.632. The standard InChI is InChI=1S/C19H28N2O2/c1-15-11-21(12-16-5-3-2-4-6-16)13-18(15)20-19(22)8-7-17-9-10-23-14-17/h2-6,15,17-18H,7-14H2,1H3,(H,20,22). The summed E-state index contributed by atoms with van der Waals surface area (Å²) in [4.78, 5) is 14.6. The van der Waals surface area contributed by atoms with Crippen LogP contribution in [0, 0.1) is 11.8 Å². The second-order valence-corrected chi connectivity index (χ2v) is 7.10. The van der Waals surface area contributed by atoms with E-state index in [4.69, 9.17) is 4.74 Å². The molecule has 1 aromatic carbocycles. The van der Waals surface area contributed by atoms with Crippen molar-refractivity contribution in [1.82, 2.24) is 10.2 Å². The topological polar surface area (TPSA) is 41.6 Å². The van der Waals surface area contributed by atoms with Gasteiger partial charge in [0.05, 0.1) is 0 Å². The monoisotopic (exact) mass is 316 g/mol. The van der Waals surface area contributed by atoms with Gasteiger partial charge in [-0.1, -0.05) is 37.3 Å². The van der Waals surface area contributed by atoms with E-state index in [1.165, 1.54) is 5.56 Å². The second kappa shape index (κ2) is 7.93. The number of nitrogens with zero attached hydrogens (tertiary/aromatic N) is 1. The molecule has 3 atom stereocenters. The van der Waals surface area contributed by atoms with Crippen molar-refractivity contribution in [3.05, 3.63) is 35.9 Å². The number of hydrogen-bond donors (Lipinski definition) is 1. The first kappa shape index (κ1) is 16.5. The molecule has 126 valence electrons. The highest BCUT2D eigenvalue weighted by molar-refractivity contribution is 5.76. The number of carbonyl (C=O) groups excluding carboxylic acids is 1. The fourth-order valence-corrected chi connectivity index (χ4v) is 3.65. The first-order valence-electron chi connectivity index (χ1n) is 8.84. The Hall–Kier alpha value is -1.39. The van der Waals surface area contributed by atoms with Crippen molar-refractivity contribution in [3.8, 4) is 0 Å². The van der Waals surface area contributed by atoms with Crippen LogP contribution < -0.4 is 5.32 Å². The van der Waals surface area contributed by atoms with Gasteiger partial charge in [0.1, 0.15) is 0 Å². The Labute approximate surface area is 139 Å². The Morgan fingerprint density at radius 3 is 2.87 bits per heavy atom. The van der Waals surface area contributed by atoms with Crippen molar-refractivity contribution in [3.63, 3.8) is 0 Å². The molecular weight excluding hydrogens is 288 g/mol. The van der Waals surface area contributed by atoms with E-state index in [0.29, 0.717) is 18.3 Å². The van der Waals surface area contributed by atoms with E-state index in [0.717, 1.165) is 45.7 Å². The molecule has 2 aliphatic heterocycles. The molecule has 1 N–H and O–H groups in total. The molecule has 1 amide bonds. The van der Waals surface area contributed by atoms with Gasteiger partial charge in [0.15, 0.2) is 0 Å². The molecule has 0 saturated carbocycles. The van der Waals surface area contributed by atoms with Gasteiger partial charge in [-0.2, -0.15) is 0 Å². The normalized spacial score (nSPS) is 28.1. The summed E-state index contributed by atoms with van der Waals surface area (Å²) in [6.07, 6.45) is 2.70. The summed E-state index contributed by atoms with van der Waals surface area (Å²) in [5.41, 5.74) is 1.34. The van der Waals surface area contributed by atoms with Crippen LogP contribution in [0.2, 0.25) is 0 Å². The zero-order valence-electron chi connectivity index (χ0n) is 14.0. The summed E-state index contributed by atoms with van der Waals surface area (Å²) in [6, 6.07) is 10.8. The van der Waals surface area contributed by atoms with Crippen LogP contribution in [-0.2, 0) is 16.1 Å². The van der Waals surface area contributed by atoms with Crippen LogP contribution in [0.15, 0.2) is 30.3 Å². The van der Waals surface area contributed by atoms with Gasteiger partial charge in [-0.15, -0.1) is 0 Å². The van der Waals surface area contributed by atoms with Crippen molar-refractivity contribution < 1.29 is 9.53 Å². The van der Waals surface area contributed by atoms with Gasteiger partial charge in [0.2, 0.25) is 5.91 Å². The van der Waals surface area contributed by atoms with Crippen molar-refractivity contribution in [1.29, 1.82) is 0 Å². The lowest BCUT2D eigenvalue weighted by Crippen LogP contribution is -2.39. The molecular formula is C19H28N2O2. The summed E-state index contributed by atoms with van der Waals surface area (Å²) < 4.78 is 5.37.